The second-order valence-corrected chi connectivity index (χ2v) is 11.2. The molecule has 2 rings (SSSR count). The third kappa shape index (κ3) is 5.82. The topological polar surface area (TPSA) is 61.8 Å². The van der Waals surface area contributed by atoms with Gasteiger partial charge in [-0.15, -0.1) is 24.0 Å². The van der Waals surface area contributed by atoms with Crippen molar-refractivity contribution in [1.82, 2.24) is 10.2 Å². The first-order valence-electron chi connectivity index (χ1n) is 9.31. The first-order chi connectivity index (χ1) is 12.0. The van der Waals surface area contributed by atoms with Crippen molar-refractivity contribution in [3.8, 4) is 0 Å². The molecule has 0 spiro atoms. The van der Waals surface area contributed by atoms with E-state index in [1.807, 2.05) is 6.92 Å². The lowest BCUT2D eigenvalue weighted by atomic mass is 9.84. The monoisotopic (exact) mass is 507 g/mol. The molecule has 0 radical (unpaired) electrons. The van der Waals surface area contributed by atoms with Crippen molar-refractivity contribution in [1.29, 1.82) is 0 Å². The van der Waals surface area contributed by atoms with Gasteiger partial charge in [-0.3, -0.25) is 4.99 Å². The molecule has 1 aromatic rings. The number of benzene rings is 1. The number of aryl methyl sites for hydroxylation is 1. The molecule has 0 atom stereocenters. The normalized spacial score (nSPS) is 19.3. The van der Waals surface area contributed by atoms with Crippen LogP contribution in [-0.4, -0.2) is 56.0 Å². The van der Waals surface area contributed by atoms with Gasteiger partial charge in [0.25, 0.3) is 0 Å². The summed E-state index contributed by atoms with van der Waals surface area (Å²) in [6.45, 7) is 14.5. The standard InChI is InChI=1S/C20H33N3O2S.HI/c1-7-21-18(23-11-12-26(24,25)20(5,6)15-23)22-14-19(3,4)17-10-8-9-16(2)13-17;/h8-10,13H,7,11-12,14-15H2,1-6H3,(H,21,22);1H. The molecular weight excluding hydrogens is 473 g/mol. The maximum absolute atomic E-state index is 12.3. The third-order valence-electron chi connectivity index (χ3n) is 5.10. The number of aliphatic imine (C=N–C) groups is 1. The Labute approximate surface area is 182 Å². The zero-order valence-corrected chi connectivity index (χ0v) is 20.5. The first-order valence-corrected chi connectivity index (χ1v) is 11.0. The quantitative estimate of drug-likeness (QED) is 0.386. The molecule has 1 aliphatic heterocycles. The van der Waals surface area contributed by atoms with Crippen LogP contribution in [0.3, 0.4) is 0 Å². The van der Waals surface area contributed by atoms with Gasteiger partial charge in [0.2, 0.25) is 0 Å². The smallest absolute Gasteiger partial charge is 0.194 e. The molecule has 5 nitrogen and oxygen atoms in total. The van der Waals surface area contributed by atoms with Gasteiger partial charge in [0.1, 0.15) is 0 Å². The van der Waals surface area contributed by atoms with Crippen LogP contribution in [-0.2, 0) is 15.3 Å². The molecule has 0 aliphatic carbocycles. The van der Waals surface area contributed by atoms with E-state index in [4.69, 9.17) is 4.99 Å². The summed E-state index contributed by atoms with van der Waals surface area (Å²) in [5, 5.41) is 3.33. The lowest BCUT2D eigenvalue weighted by Crippen LogP contribution is -2.57. The minimum absolute atomic E-state index is 0. The van der Waals surface area contributed by atoms with Crippen LogP contribution in [0.5, 0.6) is 0 Å². The fraction of sp³-hybridized carbons (Fsp3) is 0.650. The molecular formula is C20H34IN3O2S. The Bertz CT molecular complexity index is 773. The van der Waals surface area contributed by atoms with Crippen molar-refractivity contribution >= 4 is 39.8 Å². The van der Waals surface area contributed by atoms with Gasteiger partial charge in [0.05, 0.1) is 17.0 Å². The summed E-state index contributed by atoms with van der Waals surface area (Å²) in [4.78, 5) is 6.95. The van der Waals surface area contributed by atoms with Gasteiger partial charge in [0, 0.05) is 25.0 Å². The predicted molar refractivity (Wildman–Crippen MR) is 125 cm³/mol. The number of sulfone groups is 1. The van der Waals surface area contributed by atoms with Gasteiger partial charge in [0.15, 0.2) is 15.8 Å². The number of hydrogen-bond donors (Lipinski definition) is 1. The van der Waals surface area contributed by atoms with Crippen LogP contribution < -0.4 is 5.32 Å². The van der Waals surface area contributed by atoms with Crippen molar-refractivity contribution in [2.45, 2.75) is 51.7 Å². The molecule has 1 aromatic carbocycles. The van der Waals surface area contributed by atoms with Crippen LogP contribution in [0.25, 0.3) is 0 Å². The molecule has 0 bridgehead atoms. The van der Waals surface area contributed by atoms with Crippen LogP contribution in [0.4, 0.5) is 0 Å². The van der Waals surface area contributed by atoms with E-state index in [-0.39, 0.29) is 35.1 Å². The summed E-state index contributed by atoms with van der Waals surface area (Å²) in [6.07, 6.45) is 0. The molecule has 0 saturated carbocycles. The highest BCUT2D eigenvalue weighted by Crippen LogP contribution is 2.26. The van der Waals surface area contributed by atoms with E-state index >= 15 is 0 Å². The molecule has 1 fully saturated rings. The maximum Gasteiger partial charge on any atom is 0.194 e. The Morgan fingerprint density at radius 1 is 1.33 bits per heavy atom. The highest BCUT2D eigenvalue weighted by Gasteiger charge is 2.41. The van der Waals surface area contributed by atoms with E-state index in [0.29, 0.717) is 19.6 Å². The molecule has 27 heavy (non-hydrogen) atoms. The summed E-state index contributed by atoms with van der Waals surface area (Å²) in [7, 11) is -3.06. The van der Waals surface area contributed by atoms with Crippen molar-refractivity contribution in [3.63, 3.8) is 0 Å². The van der Waals surface area contributed by atoms with Crippen molar-refractivity contribution in [2.75, 3.05) is 31.9 Å². The van der Waals surface area contributed by atoms with Crippen molar-refractivity contribution in [2.24, 2.45) is 4.99 Å². The molecule has 1 saturated heterocycles. The van der Waals surface area contributed by atoms with E-state index in [1.165, 1.54) is 11.1 Å². The average molecular weight is 507 g/mol. The first kappa shape index (κ1) is 24.2. The lowest BCUT2D eigenvalue weighted by molar-refractivity contribution is 0.352. The summed E-state index contributed by atoms with van der Waals surface area (Å²) < 4.78 is 23.8. The molecule has 1 N–H and O–H groups in total. The Balaban J connectivity index is 0.00000364. The molecule has 0 unspecified atom stereocenters. The maximum atomic E-state index is 12.3. The zero-order chi connectivity index (χ0) is 19.6. The van der Waals surface area contributed by atoms with E-state index < -0.39 is 14.6 Å². The third-order valence-corrected chi connectivity index (χ3v) is 7.63. The molecule has 154 valence electrons. The average Bonchev–Trinajstić information content (AvgIpc) is 2.54. The van der Waals surface area contributed by atoms with E-state index in [2.05, 4.69) is 55.3 Å². The van der Waals surface area contributed by atoms with E-state index in [0.717, 1.165) is 12.5 Å². The van der Waals surface area contributed by atoms with Crippen LogP contribution in [0.1, 0.15) is 45.7 Å². The molecule has 1 aliphatic rings. The molecule has 1 heterocycles. The number of nitrogens with zero attached hydrogens (tertiary/aromatic N) is 2. The van der Waals surface area contributed by atoms with Gasteiger partial charge in [-0.25, -0.2) is 8.42 Å². The number of rotatable bonds is 4. The van der Waals surface area contributed by atoms with E-state index in [9.17, 15) is 8.42 Å². The SMILES string of the molecule is CCNC(=NCC(C)(C)c1cccc(C)c1)N1CCS(=O)(=O)C(C)(C)C1.I. The molecule has 0 aromatic heterocycles. The number of guanidine groups is 1. The van der Waals surface area contributed by atoms with Crippen LogP contribution >= 0.6 is 24.0 Å². The van der Waals surface area contributed by atoms with Gasteiger partial charge >= 0.3 is 0 Å². The Morgan fingerprint density at radius 2 is 2.00 bits per heavy atom. The zero-order valence-electron chi connectivity index (χ0n) is 17.4. The summed E-state index contributed by atoms with van der Waals surface area (Å²) in [5.41, 5.74) is 2.41. The van der Waals surface area contributed by atoms with Gasteiger partial charge in [-0.1, -0.05) is 43.7 Å². The fourth-order valence-electron chi connectivity index (χ4n) is 3.18. The van der Waals surface area contributed by atoms with E-state index in [1.54, 1.807) is 13.8 Å². The minimum atomic E-state index is -3.06. The number of hydrogen-bond acceptors (Lipinski definition) is 3. The molecule has 0 amide bonds. The second-order valence-electron chi connectivity index (χ2n) is 8.42. The van der Waals surface area contributed by atoms with Crippen molar-refractivity contribution < 1.29 is 8.42 Å². The minimum Gasteiger partial charge on any atom is -0.357 e. The number of halogens is 1. The van der Waals surface area contributed by atoms with Crippen molar-refractivity contribution in [3.05, 3.63) is 35.4 Å². The largest absolute Gasteiger partial charge is 0.357 e. The number of nitrogens with one attached hydrogen (secondary N) is 1. The van der Waals surface area contributed by atoms with Gasteiger partial charge in [-0.2, -0.15) is 0 Å². The summed E-state index contributed by atoms with van der Waals surface area (Å²) >= 11 is 0. The van der Waals surface area contributed by atoms with Crippen LogP contribution in [0, 0.1) is 6.92 Å². The molecule has 7 heteroatoms. The fourth-order valence-corrected chi connectivity index (χ4v) is 4.55. The highest BCUT2D eigenvalue weighted by molar-refractivity contribution is 14.0. The second kappa shape index (κ2) is 9.11. The Kier molecular flexibility index (Phi) is 8.17. The van der Waals surface area contributed by atoms with Crippen LogP contribution in [0.2, 0.25) is 0 Å². The highest BCUT2D eigenvalue weighted by atomic mass is 127. The lowest BCUT2D eigenvalue weighted by Gasteiger charge is -2.39. The van der Waals surface area contributed by atoms with Crippen LogP contribution in [0.15, 0.2) is 29.3 Å². The van der Waals surface area contributed by atoms with Gasteiger partial charge in [-0.05, 0) is 33.3 Å². The van der Waals surface area contributed by atoms with Gasteiger partial charge < -0.3 is 10.2 Å². The summed E-state index contributed by atoms with van der Waals surface area (Å²) in [5.74, 6) is 0.974. The summed E-state index contributed by atoms with van der Waals surface area (Å²) in [6, 6.07) is 8.54. The Morgan fingerprint density at radius 3 is 2.56 bits per heavy atom. The predicted octanol–water partition coefficient (Wildman–Crippen LogP) is 3.37. The Hall–Kier alpha value is -0.830.